The van der Waals surface area contributed by atoms with Gasteiger partial charge in [-0.05, 0) is 55.5 Å². The monoisotopic (exact) mass is 353 g/mol. The number of halogens is 1. The number of amides is 1. The van der Waals surface area contributed by atoms with Crippen molar-refractivity contribution in [2.24, 2.45) is 0 Å². The van der Waals surface area contributed by atoms with Gasteiger partial charge in [-0.15, -0.1) is 0 Å². The summed E-state index contributed by atoms with van der Waals surface area (Å²) in [5.74, 6) is 0.449. The Hall–Kier alpha value is -3.15. The van der Waals surface area contributed by atoms with Crippen molar-refractivity contribution < 1.29 is 13.6 Å². The molecule has 0 radical (unpaired) electrons. The molecular formula is C20H20FN3O2. The highest BCUT2D eigenvalue weighted by molar-refractivity contribution is 5.92. The van der Waals surface area contributed by atoms with Gasteiger partial charge in [-0.25, -0.2) is 9.37 Å². The van der Waals surface area contributed by atoms with E-state index in [0.29, 0.717) is 22.9 Å². The minimum Gasteiger partial charge on any atom is -0.441 e. The number of hydrogen-bond acceptors (Lipinski definition) is 4. The number of anilines is 2. The lowest BCUT2D eigenvalue weighted by molar-refractivity contribution is -0.115. The second-order valence-corrected chi connectivity index (χ2v) is 6.20. The zero-order valence-electron chi connectivity index (χ0n) is 14.9. The highest BCUT2D eigenvalue weighted by Crippen LogP contribution is 2.23. The van der Waals surface area contributed by atoms with Gasteiger partial charge in [0.05, 0.1) is 12.1 Å². The van der Waals surface area contributed by atoms with E-state index < -0.39 is 0 Å². The molecule has 134 valence electrons. The van der Waals surface area contributed by atoms with Gasteiger partial charge >= 0.3 is 0 Å². The molecule has 0 aliphatic heterocycles. The summed E-state index contributed by atoms with van der Waals surface area (Å²) in [6.07, 6.45) is 0.103. The summed E-state index contributed by atoms with van der Waals surface area (Å²) in [6.45, 7) is 1.76. The van der Waals surface area contributed by atoms with E-state index >= 15 is 0 Å². The molecule has 1 amide bonds. The van der Waals surface area contributed by atoms with E-state index in [0.717, 1.165) is 11.4 Å². The van der Waals surface area contributed by atoms with Crippen molar-refractivity contribution >= 4 is 17.3 Å². The van der Waals surface area contributed by atoms with Crippen LogP contribution in [0.3, 0.4) is 0 Å². The number of nitrogens with zero attached hydrogens (tertiary/aromatic N) is 2. The van der Waals surface area contributed by atoms with Crippen LogP contribution >= 0.6 is 0 Å². The number of aryl methyl sites for hydroxylation is 1. The zero-order chi connectivity index (χ0) is 18.7. The largest absolute Gasteiger partial charge is 0.441 e. The Morgan fingerprint density at radius 1 is 1.12 bits per heavy atom. The van der Waals surface area contributed by atoms with Crippen LogP contribution in [-0.4, -0.2) is 25.0 Å². The second kappa shape index (κ2) is 7.39. The Balaban J connectivity index is 1.68. The van der Waals surface area contributed by atoms with Crippen LogP contribution in [0.15, 0.2) is 52.9 Å². The Labute approximate surface area is 151 Å². The summed E-state index contributed by atoms with van der Waals surface area (Å²) < 4.78 is 18.6. The first-order chi connectivity index (χ1) is 12.4. The summed E-state index contributed by atoms with van der Waals surface area (Å²) in [4.78, 5) is 18.6. The highest BCUT2D eigenvalue weighted by Gasteiger charge is 2.15. The second-order valence-electron chi connectivity index (χ2n) is 6.20. The lowest BCUT2D eigenvalue weighted by atomic mass is 10.2. The molecule has 0 atom stereocenters. The molecule has 0 aliphatic rings. The summed E-state index contributed by atoms with van der Waals surface area (Å²) in [7, 11) is 3.92. The van der Waals surface area contributed by atoms with E-state index in [4.69, 9.17) is 4.42 Å². The molecule has 1 heterocycles. The SMILES string of the molecule is Cc1oc(-c2ccc(F)cc2)nc1CC(=O)Nc1ccc(N(C)C)cc1. The molecule has 1 N–H and O–H groups in total. The minimum atomic E-state index is -0.322. The topological polar surface area (TPSA) is 58.4 Å². The van der Waals surface area contributed by atoms with Gasteiger partial charge in [0.2, 0.25) is 11.8 Å². The highest BCUT2D eigenvalue weighted by atomic mass is 19.1. The number of carbonyl (C=O) groups excluding carboxylic acids is 1. The predicted octanol–water partition coefficient (Wildman–Crippen LogP) is 4.04. The quantitative estimate of drug-likeness (QED) is 0.752. The molecule has 6 heteroatoms. The van der Waals surface area contributed by atoms with E-state index in [-0.39, 0.29) is 18.1 Å². The first-order valence-corrected chi connectivity index (χ1v) is 8.22. The van der Waals surface area contributed by atoms with Gasteiger partial charge in [0.25, 0.3) is 0 Å². The molecule has 2 aromatic carbocycles. The molecule has 0 saturated carbocycles. The third-order valence-electron chi connectivity index (χ3n) is 3.98. The van der Waals surface area contributed by atoms with E-state index in [9.17, 15) is 9.18 Å². The molecule has 0 saturated heterocycles. The smallest absolute Gasteiger partial charge is 0.230 e. The van der Waals surface area contributed by atoms with E-state index in [1.54, 1.807) is 19.1 Å². The number of nitrogens with one attached hydrogen (secondary N) is 1. The minimum absolute atomic E-state index is 0.103. The van der Waals surface area contributed by atoms with Gasteiger partial charge in [0.1, 0.15) is 11.6 Å². The van der Waals surface area contributed by atoms with Crippen molar-refractivity contribution in [2.45, 2.75) is 13.3 Å². The van der Waals surface area contributed by atoms with Crippen molar-refractivity contribution in [3.63, 3.8) is 0 Å². The van der Waals surface area contributed by atoms with E-state index in [1.165, 1.54) is 12.1 Å². The van der Waals surface area contributed by atoms with E-state index in [2.05, 4.69) is 10.3 Å². The van der Waals surface area contributed by atoms with Crippen LogP contribution in [-0.2, 0) is 11.2 Å². The first-order valence-electron chi connectivity index (χ1n) is 8.22. The number of carbonyl (C=O) groups is 1. The van der Waals surface area contributed by atoms with Crippen LogP contribution in [0.1, 0.15) is 11.5 Å². The fraction of sp³-hybridized carbons (Fsp3) is 0.200. The molecule has 3 rings (SSSR count). The van der Waals surface area contributed by atoms with Gasteiger partial charge in [0, 0.05) is 31.0 Å². The number of benzene rings is 2. The average molecular weight is 353 g/mol. The number of rotatable bonds is 5. The van der Waals surface area contributed by atoms with Gasteiger partial charge < -0.3 is 14.6 Å². The molecule has 0 spiro atoms. The molecular weight excluding hydrogens is 333 g/mol. The third-order valence-corrected chi connectivity index (χ3v) is 3.98. The van der Waals surface area contributed by atoms with Crippen LogP contribution in [0.5, 0.6) is 0 Å². The fourth-order valence-electron chi connectivity index (χ4n) is 2.51. The van der Waals surface area contributed by atoms with Crippen LogP contribution in [0.2, 0.25) is 0 Å². The van der Waals surface area contributed by atoms with Gasteiger partial charge in [-0.1, -0.05) is 0 Å². The summed E-state index contributed by atoms with van der Waals surface area (Å²) >= 11 is 0. The molecule has 0 bridgehead atoms. The lowest BCUT2D eigenvalue weighted by Gasteiger charge is -2.12. The maximum atomic E-state index is 13.0. The molecule has 1 aromatic heterocycles. The molecule has 26 heavy (non-hydrogen) atoms. The standard InChI is InChI=1S/C20H20FN3O2/c1-13-18(23-20(26-13)14-4-6-15(21)7-5-14)12-19(25)22-16-8-10-17(11-9-16)24(2)3/h4-11H,12H2,1-3H3,(H,22,25). The van der Waals surface area contributed by atoms with Crippen molar-refractivity contribution in [3.8, 4) is 11.5 Å². The summed E-state index contributed by atoms with van der Waals surface area (Å²) in [6, 6.07) is 13.5. The van der Waals surface area contributed by atoms with Crippen LogP contribution in [0, 0.1) is 12.7 Å². The molecule has 0 aliphatic carbocycles. The fourth-order valence-corrected chi connectivity index (χ4v) is 2.51. The Bertz CT molecular complexity index is 900. The number of oxazole rings is 1. The Morgan fingerprint density at radius 3 is 2.38 bits per heavy atom. The van der Waals surface area contributed by atoms with Gasteiger partial charge in [-0.2, -0.15) is 0 Å². The van der Waals surface area contributed by atoms with Crippen molar-refractivity contribution in [1.82, 2.24) is 4.98 Å². The number of hydrogen-bond donors (Lipinski definition) is 1. The zero-order valence-corrected chi connectivity index (χ0v) is 14.9. The molecule has 0 unspecified atom stereocenters. The van der Waals surface area contributed by atoms with Crippen LogP contribution in [0.4, 0.5) is 15.8 Å². The molecule has 0 fully saturated rings. The number of aromatic nitrogens is 1. The van der Waals surface area contributed by atoms with Crippen LogP contribution in [0.25, 0.3) is 11.5 Å². The van der Waals surface area contributed by atoms with Gasteiger partial charge in [0.15, 0.2) is 0 Å². The van der Waals surface area contributed by atoms with Crippen molar-refractivity contribution in [2.75, 3.05) is 24.3 Å². The van der Waals surface area contributed by atoms with Crippen molar-refractivity contribution in [3.05, 3.63) is 65.8 Å². The molecule has 5 nitrogen and oxygen atoms in total. The van der Waals surface area contributed by atoms with Crippen LogP contribution < -0.4 is 10.2 Å². The maximum absolute atomic E-state index is 13.0. The third kappa shape index (κ3) is 4.08. The predicted molar refractivity (Wildman–Crippen MR) is 99.7 cm³/mol. The summed E-state index contributed by atoms with van der Waals surface area (Å²) in [5, 5.41) is 2.85. The normalized spacial score (nSPS) is 10.6. The average Bonchev–Trinajstić information content (AvgIpc) is 2.96. The first kappa shape index (κ1) is 17.7. The molecule has 3 aromatic rings. The maximum Gasteiger partial charge on any atom is 0.230 e. The summed E-state index contributed by atoms with van der Waals surface area (Å²) in [5.41, 5.74) is 3.01. The lowest BCUT2D eigenvalue weighted by Crippen LogP contribution is -2.15. The Morgan fingerprint density at radius 2 is 1.77 bits per heavy atom. The van der Waals surface area contributed by atoms with Crippen molar-refractivity contribution in [1.29, 1.82) is 0 Å². The van der Waals surface area contributed by atoms with Gasteiger partial charge in [-0.3, -0.25) is 4.79 Å². The van der Waals surface area contributed by atoms with E-state index in [1.807, 2.05) is 43.3 Å². The Kier molecular flexibility index (Phi) is 5.02.